The summed E-state index contributed by atoms with van der Waals surface area (Å²) < 4.78 is 1.65. The van der Waals surface area contributed by atoms with Crippen molar-refractivity contribution in [2.24, 2.45) is 5.92 Å². The Labute approximate surface area is 156 Å². The number of amides is 1. The molecular weight excluding hydrogens is 346 g/mol. The third-order valence-electron chi connectivity index (χ3n) is 5.96. The van der Waals surface area contributed by atoms with E-state index in [0.717, 1.165) is 25.7 Å². The molecule has 1 amide bonds. The van der Waals surface area contributed by atoms with Gasteiger partial charge in [-0.3, -0.25) is 14.3 Å². The lowest BCUT2D eigenvalue weighted by Gasteiger charge is -2.33. The molecule has 1 aliphatic carbocycles. The second-order valence-electron chi connectivity index (χ2n) is 7.50. The monoisotopic (exact) mass is 369 g/mol. The molecule has 0 radical (unpaired) electrons. The van der Waals surface area contributed by atoms with Gasteiger partial charge in [-0.15, -0.1) is 0 Å². The summed E-state index contributed by atoms with van der Waals surface area (Å²) in [5.74, 6) is -0.749. The van der Waals surface area contributed by atoms with E-state index in [1.54, 1.807) is 27.8 Å². The van der Waals surface area contributed by atoms with Crippen LogP contribution in [-0.2, 0) is 16.1 Å². The lowest BCUT2D eigenvalue weighted by molar-refractivity contribution is -0.150. The smallest absolute Gasteiger partial charge is 0.326 e. The Kier molecular flexibility index (Phi) is 4.68. The number of aryl methyl sites for hydroxylation is 1. The zero-order valence-electron chi connectivity index (χ0n) is 15.1. The molecule has 1 saturated carbocycles. The number of carbonyl (C=O) groups excluding carboxylic acids is 1. The van der Waals surface area contributed by atoms with Gasteiger partial charge < -0.3 is 10.0 Å². The van der Waals surface area contributed by atoms with Gasteiger partial charge in [0.15, 0.2) is 0 Å². The van der Waals surface area contributed by atoms with Crippen LogP contribution < -0.4 is 5.43 Å². The fourth-order valence-electron chi connectivity index (χ4n) is 4.71. The molecule has 2 heterocycles. The van der Waals surface area contributed by atoms with E-state index in [9.17, 15) is 19.5 Å². The van der Waals surface area contributed by atoms with Crippen molar-refractivity contribution < 1.29 is 14.7 Å². The minimum atomic E-state index is -0.912. The molecule has 1 saturated heterocycles. The summed E-state index contributed by atoms with van der Waals surface area (Å²) in [7, 11) is 0. The molecule has 7 heteroatoms. The minimum absolute atomic E-state index is 0.0473. The van der Waals surface area contributed by atoms with Crippen LogP contribution in [0.25, 0.3) is 10.9 Å². The second-order valence-corrected chi connectivity index (χ2v) is 7.50. The molecule has 2 aromatic rings. The highest BCUT2D eigenvalue weighted by Crippen LogP contribution is 2.40. The van der Waals surface area contributed by atoms with E-state index in [-0.39, 0.29) is 23.8 Å². The molecule has 0 spiro atoms. The van der Waals surface area contributed by atoms with E-state index in [0.29, 0.717) is 29.8 Å². The Morgan fingerprint density at radius 3 is 2.78 bits per heavy atom. The van der Waals surface area contributed by atoms with E-state index in [1.165, 1.54) is 6.20 Å². The average molecular weight is 369 g/mol. The lowest BCUT2D eigenvalue weighted by Crippen LogP contribution is -2.46. The molecule has 3 atom stereocenters. The van der Waals surface area contributed by atoms with Crippen LogP contribution in [0.1, 0.15) is 38.5 Å². The Hall–Kier alpha value is -2.70. The number of carbonyl (C=O) groups is 2. The molecule has 0 bridgehead atoms. The van der Waals surface area contributed by atoms with E-state index >= 15 is 0 Å². The van der Waals surface area contributed by atoms with Gasteiger partial charge >= 0.3 is 5.97 Å². The number of nitrogens with zero attached hydrogens (tertiary/aromatic N) is 3. The van der Waals surface area contributed by atoms with Crippen LogP contribution >= 0.6 is 0 Å². The Balaban J connectivity index is 1.54. The summed E-state index contributed by atoms with van der Waals surface area (Å²) >= 11 is 0. The summed E-state index contributed by atoms with van der Waals surface area (Å²) in [5, 5.41) is 14.3. The number of rotatable bonds is 4. The highest BCUT2D eigenvalue weighted by Gasteiger charge is 2.47. The van der Waals surface area contributed by atoms with Crippen molar-refractivity contribution in [1.29, 1.82) is 0 Å². The number of aromatic nitrogens is 2. The van der Waals surface area contributed by atoms with Crippen molar-refractivity contribution in [3.8, 4) is 0 Å². The Morgan fingerprint density at radius 1 is 1.19 bits per heavy atom. The van der Waals surface area contributed by atoms with Gasteiger partial charge in [-0.1, -0.05) is 25.0 Å². The standard InChI is InChI=1S/C20H23N3O4/c24-18-12-21-22(16-8-4-2-6-14(16)18)10-9-19(25)23-15-7-3-1-5-13(15)11-17(23)20(26)27/h2,4,6,8,12-13,15,17H,1,3,5,7,9-11H2,(H,26,27)/t13-,15+,17+/m1/s1. The summed E-state index contributed by atoms with van der Waals surface area (Å²) in [6.07, 6.45) is 6.05. The lowest BCUT2D eigenvalue weighted by atomic mass is 9.84. The summed E-state index contributed by atoms with van der Waals surface area (Å²) in [4.78, 5) is 38.2. The number of hydrogen-bond donors (Lipinski definition) is 1. The quantitative estimate of drug-likeness (QED) is 0.890. The third kappa shape index (κ3) is 3.22. The SMILES string of the molecule is O=C(O)[C@@H]1C[C@H]2CCCC[C@@H]2N1C(=O)CCn1ncc(=O)c2ccccc21. The number of benzene rings is 1. The summed E-state index contributed by atoms with van der Waals surface area (Å²) in [6.45, 7) is 0.319. The Morgan fingerprint density at radius 2 is 1.96 bits per heavy atom. The summed E-state index contributed by atoms with van der Waals surface area (Å²) in [6, 6.07) is 6.50. The highest BCUT2D eigenvalue weighted by atomic mass is 16.4. The maximum atomic E-state index is 13.0. The normalized spacial score (nSPS) is 24.7. The number of likely N-dealkylation sites (tertiary alicyclic amines) is 1. The van der Waals surface area contributed by atoms with E-state index < -0.39 is 12.0 Å². The van der Waals surface area contributed by atoms with Crippen LogP contribution in [0.4, 0.5) is 0 Å². The first-order valence-electron chi connectivity index (χ1n) is 9.55. The maximum absolute atomic E-state index is 13.0. The molecule has 0 unspecified atom stereocenters. The van der Waals surface area contributed by atoms with Crippen molar-refractivity contribution in [3.63, 3.8) is 0 Å². The number of carboxylic acids is 1. The third-order valence-corrected chi connectivity index (χ3v) is 5.96. The Bertz CT molecular complexity index is 938. The molecule has 1 aromatic carbocycles. The van der Waals surface area contributed by atoms with Crippen molar-refractivity contribution in [2.75, 3.05) is 0 Å². The number of para-hydroxylation sites is 1. The highest BCUT2D eigenvalue weighted by molar-refractivity contribution is 5.85. The van der Waals surface area contributed by atoms with Crippen molar-refractivity contribution >= 4 is 22.8 Å². The fourth-order valence-corrected chi connectivity index (χ4v) is 4.71. The van der Waals surface area contributed by atoms with Gasteiger partial charge in [0.1, 0.15) is 6.04 Å². The predicted molar refractivity (Wildman–Crippen MR) is 99.3 cm³/mol. The van der Waals surface area contributed by atoms with E-state index in [4.69, 9.17) is 0 Å². The molecule has 1 aromatic heterocycles. The van der Waals surface area contributed by atoms with Gasteiger partial charge in [0.2, 0.25) is 11.3 Å². The number of carboxylic acid groups (broad SMARTS) is 1. The molecule has 2 fully saturated rings. The first-order chi connectivity index (χ1) is 13.1. The van der Waals surface area contributed by atoms with Crippen LogP contribution in [0.15, 0.2) is 35.3 Å². The van der Waals surface area contributed by atoms with Gasteiger partial charge in [-0.25, -0.2) is 4.79 Å². The second kappa shape index (κ2) is 7.13. The molecule has 27 heavy (non-hydrogen) atoms. The van der Waals surface area contributed by atoms with Gasteiger partial charge in [-0.05, 0) is 37.3 Å². The molecule has 142 valence electrons. The van der Waals surface area contributed by atoms with Gasteiger partial charge in [0, 0.05) is 17.8 Å². The van der Waals surface area contributed by atoms with Crippen LogP contribution in [0.5, 0.6) is 0 Å². The van der Waals surface area contributed by atoms with Gasteiger partial charge in [0.25, 0.3) is 0 Å². The average Bonchev–Trinajstić information content (AvgIpc) is 3.07. The topological polar surface area (TPSA) is 92.5 Å². The molecular formula is C20H23N3O4. The van der Waals surface area contributed by atoms with Crippen LogP contribution in [0.2, 0.25) is 0 Å². The van der Waals surface area contributed by atoms with Gasteiger partial charge in [0.05, 0.1) is 18.3 Å². The van der Waals surface area contributed by atoms with Crippen LogP contribution in [-0.4, -0.2) is 43.7 Å². The van der Waals surface area contributed by atoms with Crippen LogP contribution in [0, 0.1) is 5.92 Å². The molecule has 1 aliphatic heterocycles. The van der Waals surface area contributed by atoms with E-state index in [2.05, 4.69) is 5.10 Å². The maximum Gasteiger partial charge on any atom is 0.326 e. The van der Waals surface area contributed by atoms with Crippen molar-refractivity contribution in [2.45, 2.75) is 57.2 Å². The number of fused-ring (bicyclic) bond motifs is 2. The number of aliphatic carboxylic acids is 1. The predicted octanol–water partition coefficient (Wildman–Crippen LogP) is 2.03. The molecule has 1 N–H and O–H groups in total. The number of hydrogen-bond acceptors (Lipinski definition) is 4. The first kappa shape index (κ1) is 17.7. The van der Waals surface area contributed by atoms with Crippen molar-refractivity contribution in [3.05, 3.63) is 40.7 Å². The van der Waals surface area contributed by atoms with Crippen molar-refractivity contribution in [1.82, 2.24) is 14.7 Å². The largest absolute Gasteiger partial charge is 0.480 e. The summed E-state index contributed by atoms with van der Waals surface area (Å²) in [5.41, 5.74) is 0.535. The van der Waals surface area contributed by atoms with Crippen LogP contribution in [0.3, 0.4) is 0 Å². The van der Waals surface area contributed by atoms with Gasteiger partial charge in [-0.2, -0.15) is 5.10 Å². The first-order valence-corrected chi connectivity index (χ1v) is 9.55. The molecule has 2 aliphatic rings. The minimum Gasteiger partial charge on any atom is -0.480 e. The zero-order valence-corrected chi connectivity index (χ0v) is 15.1. The van der Waals surface area contributed by atoms with E-state index in [1.807, 2.05) is 6.07 Å². The fraction of sp³-hybridized carbons (Fsp3) is 0.500. The molecule has 7 nitrogen and oxygen atoms in total. The zero-order chi connectivity index (χ0) is 19.0. The molecule has 4 rings (SSSR count).